The maximum Gasteiger partial charge on any atom is 0.262 e. The van der Waals surface area contributed by atoms with E-state index in [0.717, 1.165) is 31.2 Å². The number of carbonyl (C=O) groups excluding carboxylic acids is 1. The minimum absolute atomic E-state index is 0.0164. The number of para-hydroxylation sites is 2. The van der Waals surface area contributed by atoms with Crippen molar-refractivity contribution in [3.8, 4) is 5.75 Å². The second-order valence-electron chi connectivity index (χ2n) is 6.76. The highest BCUT2D eigenvalue weighted by molar-refractivity contribution is 7.92. The average molecular weight is 372 g/mol. The quantitative estimate of drug-likeness (QED) is 0.863. The number of benzene rings is 2. The molecular formula is C19H20N2O4S. The number of nitrogens with one attached hydrogen (secondary N) is 2. The largest absolute Gasteiger partial charge is 0.495 e. The molecule has 7 heteroatoms. The molecule has 0 bridgehead atoms. The lowest BCUT2D eigenvalue weighted by atomic mass is 9.80. The monoisotopic (exact) mass is 372 g/mol. The zero-order valence-corrected chi connectivity index (χ0v) is 15.2. The highest BCUT2D eigenvalue weighted by Gasteiger charge is 2.48. The van der Waals surface area contributed by atoms with Gasteiger partial charge in [0.05, 0.1) is 23.1 Å². The molecule has 2 aromatic carbocycles. The Morgan fingerprint density at radius 2 is 1.85 bits per heavy atom. The van der Waals surface area contributed by atoms with Crippen molar-refractivity contribution in [2.24, 2.45) is 0 Å². The topological polar surface area (TPSA) is 84.5 Å². The number of sulfonamides is 1. The van der Waals surface area contributed by atoms with Crippen molar-refractivity contribution >= 4 is 27.3 Å². The van der Waals surface area contributed by atoms with Crippen molar-refractivity contribution in [1.29, 1.82) is 0 Å². The number of hydrogen-bond acceptors (Lipinski definition) is 4. The van der Waals surface area contributed by atoms with Gasteiger partial charge >= 0.3 is 0 Å². The number of anilines is 2. The molecule has 1 aliphatic carbocycles. The lowest BCUT2D eigenvalue weighted by molar-refractivity contribution is -0.120. The molecule has 1 spiro atoms. The van der Waals surface area contributed by atoms with Gasteiger partial charge in [0.15, 0.2) is 0 Å². The molecule has 0 saturated heterocycles. The van der Waals surface area contributed by atoms with Crippen molar-refractivity contribution in [3.05, 3.63) is 48.0 Å². The lowest BCUT2D eigenvalue weighted by Gasteiger charge is -2.21. The summed E-state index contributed by atoms with van der Waals surface area (Å²) in [6.07, 6.45) is 3.47. The maximum atomic E-state index is 12.9. The summed E-state index contributed by atoms with van der Waals surface area (Å²) in [5.74, 6) is 0.429. The Labute approximate surface area is 152 Å². The average Bonchev–Trinajstić information content (AvgIpc) is 3.22. The van der Waals surface area contributed by atoms with Gasteiger partial charge in [0.25, 0.3) is 10.0 Å². The van der Waals surface area contributed by atoms with E-state index >= 15 is 0 Å². The van der Waals surface area contributed by atoms with Crippen LogP contribution in [0.3, 0.4) is 0 Å². The number of amides is 1. The highest BCUT2D eigenvalue weighted by atomic mass is 32.2. The van der Waals surface area contributed by atoms with E-state index in [9.17, 15) is 13.2 Å². The van der Waals surface area contributed by atoms with E-state index in [-0.39, 0.29) is 10.8 Å². The Morgan fingerprint density at radius 3 is 2.58 bits per heavy atom. The van der Waals surface area contributed by atoms with Gasteiger partial charge in [0.1, 0.15) is 5.75 Å². The fraction of sp³-hybridized carbons (Fsp3) is 0.316. The first-order chi connectivity index (χ1) is 12.5. The van der Waals surface area contributed by atoms with E-state index in [4.69, 9.17) is 4.74 Å². The number of carbonyl (C=O) groups is 1. The SMILES string of the molecule is COc1ccccc1NS(=O)(=O)c1ccc2c(c1)C1(CCCC1)C(=O)N2. The normalized spacial score (nSPS) is 17.8. The fourth-order valence-corrected chi connectivity index (χ4v) is 5.06. The third-order valence-electron chi connectivity index (χ3n) is 5.31. The Kier molecular flexibility index (Phi) is 3.91. The molecule has 2 N–H and O–H groups in total. The minimum Gasteiger partial charge on any atom is -0.495 e. The summed E-state index contributed by atoms with van der Waals surface area (Å²) in [6, 6.07) is 11.7. The third-order valence-corrected chi connectivity index (χ3v) is 6.67. The van der Waals surface area contributed by atoms with Crippen molar-refractivity contribution < 1.29 is 17.9 Å². The van der Waals surface area contributed by atoms with Crippen LogP contribution in [0.2, 0.25) is 0 Å². The molecule has 136 valence electrons. The number of fused-ring (bicyclic) bond motifs is 2. The van der Waals surface area contributed by atoms with E-state index in [1.807, 2.05) is 0 Å². The van der Waals surface area contributed by atoms with Crippen LogP contribution >= 0.6 is 0 Å². The smallest absolute Gasteiger partial charge is 0.262 e. The van der Waals surface area contributed by atoms with Gasteiger partial charge in [-0.25, -0.2) is 8.42 Å². The van der Waals surface area contributed by atoms with Crippen molar-refractivity contribution in [3.63, 3.8) is 0 Å². The summed E-state index contributed by atoms with van der Waals surface area (Å²) in [7, 11) is -2.31. The van der Waals surface area contributed by atoms with Crippen LogP contribution in [0.25, 0.3) is 0 Å². The molecule has 1 aliphatic heterocycles. The molecule has 0 unspecified atom stereocenters. The molecule has 4 rings (SSSR count). The highest BCUT2D eigenvalue weighted by Crippen LogP contribution is 2.49. The fourth-order valence-electron chi connectivity index (χ4n) is 3.97. The molecular weight excluding hydrogens is 352 g/mol. The summed E-state index contributed by atoms with van der Waals surface area (Å²) in [5, 5.41) is 2.90. The number of rotatable bonds is 4. The van der Waals surface area contributed by atoms with Gasteiger partial charge in [-0.05, 0) is 48.7 Å². The first-order valence-corrected chi connectivity index (χ1v) is 10.1. The van der Waals surface area contributed by atoms with Gasteiger partial charge in [0.2, 0.25) is 5.91 Å². The Morgan fingerprint density at radius 1 is 1.12 bits per heavy atom. The van der Waals surface area contributed by atoms with Crippen molar-refractivity contribution in [2.45, 2.75) is 36.0 Å². The van der Waals surface area contributed by atoms with Crippen LogP contribution in [0, 0.1) is 0 Å². The van der Waals surface area contributed by atoms with Gasteiger partial charge in [0, 0.05) is 5.69 Å². The minimum atomic E-state index is -3.80. The molecule has 1 fully saturated rings. The third kappa shape index (κ3) is 2.54. The zero-order valence-electron chi connectivity index (χ0n) is 14.4. The van der Waals surface area contributed by atoms with E-state index in [2.05, 4.69) is 10.0 Å². The maximum absolute atomic E-state index is 12.9. The summed E-state index contributed by atoms with van der Waals surface area (Å²) in [5.41, 5.74) is 1.31. The molecule has 2 aromatic rings. The molecule has 2 aliphatic rings. The first kappa shape index (κ1) is 16.9. The van der Waals surface area contributed by atoms with E-state index in [1.54, 1.807) is 36.4 Å². The molecule has 6 nitrogen and oxygen atoms in total. The second-order valence-corrected chi connectivity index (χ2v) is 8.44. The van der Waals surface area contributed by atoms with Crippen LogP contribution in [0.15, 0.2) is 47.4 Å². The van der Waals surface area contributed by atoms with Crippen LogP contribution in [0.1, 0.15) is 31.2 Å². The first-order valence-electron chi connectivity index (χ1n) is 8.58. The van der Waals surface area contributed by atoms with Crippen LogP contribution in [-0.4, -0.2) is 21.4 Å². The van der Waals surface area contributed by atoms with Crippen molar-refractivity contribution in [2.75, 3.05) is 17.1 Å². The molecule has 1 saturated carbocycles. The predicted octanol–water partition coefficient (Wildman–Crippen LogP) is 3.26. The van der Waals surface area contributed by atoms with E-state index in [0.29, 0.717) is 17.1 Å². The van der Waals surface area contributed by atoms with Gasteiger partial charge in [-0.1, -0.05) is 25.0 Å². The van der Waals surface area contributed by atoms with E-state index < -0.39 is 15.4 Å². The summed E-state index contributed by atoms with van der Waals surface area (Å²) < 4.78 is 33.6. The van der Waals surface area contributed by atoms with Crippen LogP contribution < -0.4 is 14.8 Å². The summed E-state index contributed by atoms with van der Waals surface area (Å²) in [4.78, 5) is 12.6. The van der Waals surface area contributed by atoms with Crippen LogP contribution in [0.4, 0.5) is 11.4 Å². The molecule has 0 radical (unpaired) electrons. The Balaban J connectivity index is 1.73. The zero-order chi connectivity index (χ0) is 18.4. The van der Waals surface area contributed by atoms with Gasteiger partial charge in [-0.3, -0.25) is 9.52 Å². The summed E-state index contributed by atoms with van der Waals surface area (Å²) >= 11 is 0. The second kappa shape index (κ2) is 6.02. The van der Waals surface area contributed by atoms with Crippen LogP contribution in [0.5, 0.6) is 5.75 Å². The molecule has 0 aromatic heterocycles. The van der Waals surface area contributed by atoms with Gasteiger partial charge in [-0.15, -0.1) is 0 Å². The molecule has 0 atom stereocenters. The van der Waals surface area contributed by atoms with Crippen molar-refractivity contribution in [1.82, 2.24) is 0 Å². The molecule has 1 heterocycles. The number of ether oxygens (including phenoxy) is 1. The Hall–Kier alpha value is -2.54. The standard InChI is InChI=1S/C19H20N2O4S/c1-25-17-7-3-2-6-16(17)21-26(23,24)13-8-9-15-14(12-13)19(18(22)20-15)10-4-5-11-19/h2-3,6-9,12,21H,4-5,10-11H2,1H3,(H,20,22). The predicted molar refractivity (Wildman–Crippen MR) is 99.0 cm³/mol. The number of methoxy groups -OCH3 is 1. The number of hydrogen-bond donors (Lipinski definition) is 2. The van der Waals surface area contributed by atoms with Gasteiger partial charge < -0.3 is 10.1 Å². The molecule has 1 amide bonds. The van der Waals surface area contributed by atoms with Crippen LogP contribution in [-0.2, 0) is 20.2 Å². The van der Waals surface area contributed by atoms with Gasteiger partial charge in [-0.2, -0.15) is 0 Å². The molecule has 26 heavy (non-hydrogen) atoms. The summed E-state index contributed by atoms with van der Waals surface area (Å²) in [6.45, 7) is 0. The van der Waals surface area contributed by atoms with E-state index in [1.165, 1.54) is 13.2 Å². The Bertz CT molecular complexity index is 979. The lowest BCUT2D eigenvalue weighted by Crippen LogP contribution is -2.31.